The van der Waals surface area contributed by atoms with E-state index in [-0.39, 0.29) is 23.2 Å². The van der Waals surface area contributed by atoms with Crippen molar-refractivity contribution in [2.24, 2.45) is 5.92 Å². The Bertz CT molecular complexity index is 1090. The van der Waals surface area contributed by atoms with Crippen molar-refractivity contribution in [1.29, 1.82) is 0 Å². The fraction of sp³-hybridized carbons (Fsp3) is 0.455. The number of aryl methyl sites for hydroxylation is 1. The van der Waals surface area contributed by atoms with Crippen molar-refractivity contribution < 1.29 is 4.79 Å². The van der Waals surface area contributed by atoms with Crippen LogP contribution in [0.1, 0.15) is 56.9 Å². The smallest absolute Gasteiger partial charge is 0.277 e. The highest BCUT2D eigenvalue weighted by atomic mass is 79.9. The topological polar surface area (TPSA) is 83.4 Å². The molecule has 8 heteroatoms. The largest absolute Gasteiger partial charge is 0.277 e. The van der Waals surface area contributed by atoms with Gasteiger partial charge in [-0.2, -0.15) is 9.50 Å². The summed E-state index contributed by atoms with van der Waals surface area (Å²) in [6.07, 6.45) is 2.99. The second-order valence-electron chi connectivity index (χ2n) is 7.97. The quantitative estimate of drug-likeness (QED) is 0.524. The lowest BCUT2D eigenvalue weighted by atomic mass is 10.1. The van der Waals surface area contributed by atoms with Crippen LogP contribution in [0, 0.1) is 12.8 Å². The van der Waals surface area contributed by atoms with Gasteiger partial charge in [-0.25, -0.2) is 4.98 Å². The maximum absolute atomic E-state index is 13.0. The summed E-state index contributed by atoms with van der Waals surface area (Å²) in [7, 11) is 0. The van der Waals surface area contributed by atoms with Crippen LogP contribution in [0.2, 0.25) is 0 Å². The Hall–Kier alpha value is -2.48. The summed E-state index contributed by atoms with van der Waals surface area (Å²) in [5, 5.41) is 3.02. The molecule has 2 heterocycles. The zero-order valence-electron chi connectivity index (χ0n) is 17.9. The van der Waals surface area contributed by atoms with E-state index < -0.39 is 0 Å². The number of hydrogen-bond acceptors (Lipinski definition) is 4. The predicted molar refractivity (Wildman–Crippen MR) is 122 cm³/mol. The van der Waals surface area contributed by atoms with Gasteiger partial charge in [0.1, 0.15) is 0 Å². The Balaban J connectivity index is 2.03. The number of carbonyl (C=O) groups is 1. The van der Waals surface area contributed by atoms with E-state index >= 15 is 0 Å². The molecule has 0 unspecified atom stereocenters. The number of unbranched alkanes of at least 4 members (excludes halogenated alkanes) is 1. The van der Waals surface area contributed by atoms with Crippen molar-refractivity contribution in [3.63, 3.8) is 0 Å². The molecule has 30 heavy (non-hydrogen) atoms. The molecule has 0 fully saturated rings. The molecule has 0 bridgehead atoms. The first-order valence-corrected chi connectivity index (χ1v) is 11.1. The van der Waals surface area contributed by atoms with E-state index in [4.69, 9.17) is 0 Å². The number of halogens is 1. The van der Waals surface area contributed by atoms with Gasteiger partial charge in [0.2, 0.25) is 11.9 Å². The number of rotatable bonds is 8. The molecule has 1 amide bonds. The maximum Gasteiger partial charge on any atom is 0.277 e. The lowest BCUT2D eigenvalue weighted by Crippen LogP contribution is -2.32. The second kappa shape index (κ2) is 9.55. The number of anilines is 1. The third-order valence-corrected chi connectivity index (χ3v) is 5.49. The average Bonchev–Trinajstić information content (AvgIpc) is 3.10. The van der Waals surface area contributed by atoms with Crippen LogP contribution in [0.4, 0.5) is 5.95 Å². The minimum absolute atomic E-state index is 0.0528. The highest BCUT2D eigenvalue weighted by Crippen LogP contribution is 2.19. The van der Waals surface area contributed by atoms with Gasteiger partial charge in [-0.3, -0.25) is 19.6 Å². The van der Waals surface area contributed by atoms with Crippen molar-refractivity contribution in [1.82, 2.24) is 19.6 Å². The van der Waals surface area contributed by atoms with Crippen LogP contribution in [-0.2, 0) is 17.8 Å². The summed E-state index contributed by atoms with van der Waals surface area (Å²) in [6, 6.07) is 7.79. The van der Waals surface area contributed by atoms with E-state index in [1.54, 1.807) is 4.90 Å². The Kier molecular flexibility index (Phi) is 7.07. The minimum Gasteiger partial charge on any atom is -0.277 e. The van der Waals surface area contributed by atoms with E-state index in [1.807, 2.05) is 45.0 Å². The van der Waals surface area contributed by atoms with Crippen LogP contribution < -0.4 is 10.5 Å². The molecular formula is C22H28BrN5O2. The van der Waals surface area contributed by atoms with E-state index in [0.717, 1.165) is 22.9 Å². The fourth-order valence-electron chi connectivity index (χ4n) is 3.32. The lowest BCUT2D eigenvalue weighted by Gasteiger charge is -2.20. The summed E-state index contributed by atoms with van der Waals surface area (Å²) in [5.74, 6) is 0.770. The monoisotopic (exact) mass is 473 g/mol. The summed E-state index contributed by atoms with van der Waals surface area (Å²) < 4.78 is 2.32. The highest BCUT2D eigenvalue weighted by molar-refractivity contribution is 9.10. The SMILES string of the molecule is CCCCc1c(C)nc2nc(N(Cc3ccc(Br)cc3)C(=O)CC(C)C)[nH]n2c1=O. The molecule has 0 aliphatic heterocycles. The van der Waals surface area contributed by atoms with Gasteiger partial charge in [0.05, 0.1) is 12.2 Å². The first kappa shape index (κ1) is 22.2. The summed E-state index contributed by atoms with van der Waals surface area (Å²) >= 11 is 3.44. The van der Waals surface area contributed by atoms with Crippen LogP contribution >= 0.6 is 15.9 Å². The molecule has 0 atom stereocenters. The van der Waals surface area contributed by atoms with Gasteiger partial charge in [0, 0.05) is 16.5 Å². The summed E-state index contributed by atoms with van der Waals surface area (Å²) in [6.45, 7) is 8.29. The van der Waals surface area contributed by atoms with Crippen LogP contribution in [0.3, 0.4) is 0 Å². The van der Waals surface area contributed by atoms with Crippen LogP contribution in [0.5, 0.6) is 0 Å². The number of nitrogens with zero attached hydrogens (tertiary/aromatic N) is 4. The molecule has 1 N–H and O–H groups in total. The zero-order valence-corrected chi connectivity index (χ0v) is 19.5. The number of H-pyrrole nitrogens is 1. The molecular weight excluding hydrogens is 446 g/mol. The predicted octanol–water partition coefficient (Wildman–Crippen LogP) is 4.41. The van der Waals surface area contributed by atoms with Gasteiger partial charge in [-0.1, -0.05) is 55.3 Å². The second-order valence-corrected chi connectivity index (χ2v) is 8.89. The number of carbonyl (C=O) groups excluding carboxylic acids is 1. The van der Waals surface area contributed by atoms with E-state index in [2.05, 4.69) is 37.9 Å². The van der Waals surface area contributed by atoms with Crippen LogP contribution in [0.15, 0.2) is 33.5 Å². The molecule has 0 saturated heterocycles. The van der Waals surface area contributed by atoms with Crippen molar-refractivity contribution >= 4 is 33.6 Å². The number of aromatic nitrogens is 4. The Morgan fingerprint density at radius 3 is 2.57 bits per heavy atom. The van der Waals surface area contributed by atoms with Crippen LogP contribution in [0.25, 0.3) is 5.78 Å². The van der Waals surface area contributed by atoms with Crippen LogP contribution in [-0.4, -0.2) is 25.5 Å². The molecule has 0 aliphatic rings. The number of fused-ring (bicyclic) bond motifs is 1. The minimum atomic E-state index is -0.149. The van der Waals surface area contributed by atoms with Crippen molar-refractivity contribution in [3.05, 3.63) is 55.9 Å². The third kappa shape index (κ3) is 4.98. The first-order valence-electron chi connectivity index (χ1n) is 10.3. The van der Waals surface area contributed by atoms with Gasteiger partial charge >= 0.3 is 0 Å². The number of benzene rings is 1. The summed E-state index contributed by atoms with van der Waals surface area (Å²) in [5.41, 5.74) is 2.21. The fourth-order valence-corrected chi connectivity index (χ4v) is 3.58. The molecule has 0 radical (unpaired) electrons. The number of amides is 1. The van der Waals surface area contributed by atoms with Gasteiger partial charge in [0.15, 0.2) is 0 Å². The molecule has 1 aromatic carbocycles. The molecule has 0 aliphatic carbocycles. The van der Waals surface area contributed by atoms with Gasteiger partial charge in [0.25, 0.3) is 11.3 Å². The molecule has 160 valence electrons. The number of hydrogen-bond donors (Lipinski definition) is 1. The third-order valence-electron chi connectivity index (χ3n) is 4.96. The molecule has 2 aromatic heterocycles. The average molecular weight is 474 g/mol. The maximum atomic E-state index is 13.0. The van der Waals surface area contributed by atoms with Gasteiger partial charge in [-0.15, -0.1) is 0 Å². The first-order chi connectivity index (χ1) is 14.3. The van der Waals surface area contributed by atoms with Crippen molar-refractivity contribution in [2.75, 3.05) is 4.90 Å². The number of nitrogens with one attached hydrogen (secondary N) is 1. The van der Waals surface area contributed by atoms with E-state index in [9.17, 15) is 9.59 Å². The van der Waals surface area contributed by atoms with Gasteiger partial charge < -0.3 is 0 Å². The molecule has 0 saturated carbocycles. The molecule has 7 nitrogen and oxygen atoms in total. The van der Waals surface area contributed by atoms with Crippen molar-refractivity contribution in [3.8, 4) is 0 Å². The highest BCUT2D eigenvalue weighted by Gasteiger charge is 2.22. The molecule has 3 aromatic rings. The Labute approximate surface area is 184 Å². The lowest BCUT2D eigenvalue weighted by molar-refractivity contribution is -0.119. The zero-order chi connectivity index (χ0) is 21.8. The number of aromatic amines is 1. The van der Waals surface area contributed by atoms with E-state index in [0.29, 0.717) is 36.6 Å². The standard InChI is InChI=1S/C22H28BrN5O2/c1-5-6-7-18-15(4)24-21-25-22(26-28(21)20(18)30)27(19(29)12-14(2)3)13-16-8-10-17(23)11-9-16/h8-11,14H,5-7,12-13H2,1-4H3,(H,24,25,26). The normalized spacial score (nSPS) is 11.4. The Morgan fingerprint density at radius 1 is 1.23 bits per heavy atom. The summed E-state index contributed by atoms with van der Waals surface area (Å²) in [4.78, 5) is 36.6. The van der Waals surface area contributed by atoms with E-state index in [1.165, 1.54) is 4.52 Å². The van der Waals surface area contributed by atoms with Crippen molar-refractivity contribution in [2.45, 2.75) is 59.9 Å². The van der Waals surface area contributed by atoms with Gasteiger partial charge in [-0.05, 0) is 43.4 Å². The molecule has 0 spiro atoms. The molecule has 3 rings (SSSR count). The Morgan fingerprint density at radius 2 is 1.93 bits per heavy atom.